The number of sulfonamides is 1. The lowest BCUT2D eigenvalue weighted by molar-refractivity contribution is -0.123. The fraction of sp³-hybridized carbons (Fsp3) is 0.435. The van der Waals surface area contributed by atoms with Gasteiger partial charge in [0.1, 0.15) is 6.04 Å². The van der Waals surface area contributed by atoms with Crippen molar-refractivity contribution < 1.29 is 13.2 Å². The van der Waals surface area contributed by atoms with Gasteiger partial charge in [-0.25, -0.2) is 8.42 Å². The van der Waals surface area contributed by atoms with E-state index >= 15 is 0 Å². The number of amides is 1. The maximum atomic E-state index is 13.2. The van der Waals surface area contributed by atoms with Crippen LogP contribution in [0.4, 0.5) is 5.69 Å². The van der Waals surface area contributed by atoms with E-state index in [1.807, 2.05) is 45.0 Å². The van der Waals surface area contributed by atoms with Crippen LogP contribution < -0.4 is 9.62 Å². The standard InChI is InChI=1S/C23H30N2O3S/c1-5-22(25(29(4,27)28)19-14-13-16(2)17(3)15-19)23(26)24-21-12-8-10-18-9-6-7-11-20(18)21/h6-7,9,11,13-15,21-22H,5,8,10,12H2,1-4H3,(H,24,26)/t21-,22-/m1/s1. The van der Waals surface area contributed by atoms with E-state index in [1.165, 1.54) is 9.87 Å². The van der Waals surface area contributed by atoms with E-state index in [1.54, 1.807) is 6.07 Å². The molecule has 2 atom stereocenters. The quantitative estimate of drug-likeness (QED) is 0.776. The van der Waals surface area contributed by atoms with Gasteiger partial charge >= 0.3 is 0 Å². The lowest BCUT2D eigenvalue weighted by Gasteiger charge is -2.33. The number of anilines is 1. The van der Waals surface area contributed by atoms with Crippen molar-refractivity contribution in [2.45, 2.75) is 58.5 Å². The summed E-state index contributed by atoms with van der Waals surface area (Å²) in [5.74, 6) is -0.252. The molecule has 1 N–H and O–H groups in total. The van der Waals surface area contributed by atoms with Crippen molar-refractivity contribution in [3.63, 3.8) is 0 Å². The second-order valence-electron chi connectivity index (χ2n) is 7.90. The van der Waals surface area contributed by atoms with Gasteiger partial charge in [0.05, 0.1) is 18.0 Å². The Bertz CT molecular complexity index is 1000. The number of nitrogens with zero attached hydrogens (tertiary/aromatic N) is 1. The van der Waals surface area contributed by atoms with E-state index in [0.717, 1.165) is 42.2 Å². The summed E-state index contributed by atoms with van der Waals surface area (Å²) >= 11 is 0. The Hall–Kier alpha value is -2.34. The van der Waals surface area contributed by atoms with Crippen LogP contribution in [0.3, 0.4) is 0 Å². The zero-order valence-electron chi connectivity index (χ0n) is 17.6. The third-order valence-electron chi connectivity index (χ3n) is 5.76. The number of carbonyl (C=O) groups is 1. The molecule has 0 saturated heterocycles. The summed E-state index contributed by atoms with van der Waals surface area (Å²) in [4.78, 5) is 13.2. The van der Waals surface area contributed by atoms with Gasteiger partial charge in [0.25, 0.3) is 0 Å². The van der Waals surface area contributed by atoms with Crippen LogP contribution in [0.15, 0.2) is 42.5 Å². The van der Waals surface area contributed by atoms with Gasteiger partial charge in [-0.3, -0.25) is 9.10 Å². The fourth-order valence-electron chi connectivity index (χ4n) is 4.09. The average Bonchev–Trinajstić information content (AvgIpc) is 2.67. The van der Waals surface area contributed by atoms with Crippen LogP contribution in [0.2, 0.25) is 0 Å². The molecular formula is C23H30N2O3S. The van der Waals surface area contributed by atoms with Crippen LogP contribution in [0.5, 0.6) is 0 Å². The molecule has 0 bridgehead atoms. The Labute approximate surface area is 174 Å². The van der Waals surface area contributed by atoms with Gasteiger partial charge in [-0.15, -0.1) is 0 Å². The first-order valence-electron chi connectivity index (χ1n) is 10.2. The topological polar surface area (TPSA) is 66.5 Å². The second-order valence-corrected chi connectivity index (χ2v) is 9.76. The zero-order valence-corrected chi connectivity index (χ0v) is 18.4. The minimum Gasteiger partial charge on any atom is -0.347 e. The number of benzene rings is 2. The van der Waals surface area contributed by atoms with Crippen LogP contribution in [0, 0.1) is 13.8 Å². The van der Waals surface area contributed by atoms with E-state index in [4.69, 9.17) is 0 Å². The first-order chi connectivity index (χ1) is 13.7. The molecule has 156 valence electrons. The summed E-state index contributed by atoms with van der Waals surface area (Å²) in [7, 11) is -3.63. The molecule has 1 amide bonds. The lowest BCUT2D eigenvalue weighted by Crippen LogP contribution is -2.50. The van der Waals surface area contributed by atoms with E-state index in [-0.39, 0.29) is 11.9 Å². The highest BCUT2D eigenvalue weighted by atomic mass is 32.2. The Morgan fingerprint density at radius 1 is 1.17 bits per heavy atom. The monoisotopic (exact) mass is 414 g/mol. The number of carbonyl (C=O) groups excluding carboxylic acids is 1. The highest BCUT2D eigenvalue weighted by Gasteiger charge is 2.33. The molecule has 0 saturated carbocycles. The Kier molecular flexibility index (Phi) is 6.32. The van der Waals surface area contributed by atoms with E-state index in [2.05, 4.69) is 17.4 Å². The highest BCUT2D eigenvalue weighted by molar-refractivity contribution is 7.92. The SMILES string of the molecule is CC[C@H](C(=O)N[C@@H]1CCCc2ccccc21)N(c1ccc(C)c(C)c1)S(C)(=O)=O. The summed E-state index contributed by atoms with van der Waals surface area (Å²) in [6.45, 7) is 5.77. The molecule has 2 aromatic carbocycles. The molecule has 6 heteroatoms. The van der Waals surface area contributed by atoms with Gasteiger partial charge in [0.15, 0.2) is 0 Å². The van der Waals surface area contributed by atoms with Crippen LogP contribution in [0.25, 0.3) is 0 Å². The Morgan fingerprint density at radius 2 is 1.90 bits per heavy atom. The van der Waals surface area contributed by atoms with E-state index < -0.39 is 16.1 Å². The summed E-state index contributed by atoms with van der Waals surface area (Å²) < 4.78 is 26.6. The van der Waals surface area contributed by atoms with Gasteiger partial charge in [0.2, 0.25) is 15.9 Å². The first kappa shape index (κ1) is 21.4. The molecule has 1 aliphatic carbocycles. The predicted molar refractivity (Wildman–Crippen MR) is 118 cm³/mol. The van der Waals surface area contributed by atoms with Crippen LogP contribution in [-0.4, -0.2) is 26.6 Å². The van der Waals surface area contributed by atoms with Crippen molar-refractivity contribution in [3.05, 3.63) is 64.7 Å². The number of rotatable bonds is 6. The molecule has 5 nitrogen and oxygen atoms in total. The predicted octanol–water partition coefficient (Wildman–Crippen LogP) is 4.04. The van der Waals surface area contributed by atoms with Crippen molar-refractivity contribution in [1.29, 1.82) is 0 Å². The van der Waals surface area contributed by atoms with Gasteiger partial charge in [-0.1, -0.05) is 37.3 Å². The second kappa shape index (κ2) is 8.57. The maximum absolute atomic E-state index is 13.2. The molecule has 1 aliphatic rings. The van der Waals surface area contributed by atoms with Crippen molar-refractivity contribution in [3.8, 4) is 0 Å². The van der Waals surface area contributed by atoms with Crippen molar-refractivity contribution in [2.75, 3.05) is 10.6 Å². The number of fused-ring (bicyclic) bond motifs is 1. The summed E-state index contributed by atoms with van der Waals surface area (Å²) in [6.07, 6.45) is 4.43. The van der Waals surface area contributed by atoms with Crippen molar-refractivity contribution >= 4 is 21.6 Å². The number of hydrogen-bond donors (Lipinski definition) is 1. The number of hydrogen-bond acceptors (Lipinski definition) is 3. The third-order valence-corrected chi connectivity index (χ3v) is 6.94. The van der Waals surface area contributed by atoms with Crippen molar-refractivity contribution in [1.82, 2.24) is 5.32 Å². The minimum absolute atomic E-state index is 0.0809. The molecule has 0 aromatic heterocycles. The average molecular weight is 415 g/mol. The molecule has 0 spiro atoms. The van der Waals surface area contributed by atoms with E-state index in [0.29, 0.717) is 12.1 Å². The largest absolute Gasteiger partial charge is 0.347 e. The normalized spacial score (nSPS) is 17.3. The first-order valence-corrected chi connectivity index (χ1v) is 12.0. The summed E-state index contributed by atoms with van der Waals surface area (Å²) in [5.41, 5.74) is 5.00. The number of nitrogens with one attached hydrogen (secondary N) is 1. The lowest BCUT2D eigenvalue weighted by atomic mass is 9.87. The molecule has 0 heterocycles. The molecule has 29 heavy (non-hydrogen) atoms. The summed E-state index contributed by atoms with van der Waals surface area (Å²) in [6, 6.07) is 12.8. The number of aryl methyl sites for hydroxylation is 3. The molecule has 0 unspecified atom stereocenters. The molecular weight excluding hydrogens is 384 g/mol. The van der Waals surface area contributed by atoms with Gasteiger partial charge < -0.3 is 5.32 Å². The van der Waals surface area contributed by atoms with Crippen LogP contribution in [-0.2, 0) is 21.2 Å². The van der Waals surface area contributed by atoms with Crippen molar-refractivity contribution in [2.24, 2.45) is 0 Å². The molecule has 3 rings (SSSR count). The Morgan fingerprint density at radius 3 is 2.55 bits per heavy atom. The van der Waals surface area contributed by atoms with Gasteiger partial charge in [-0.2, -0.15) is 0 Å². The maximum Gasteiger partial charge on any atom is 0.244 e. The van der Waals surface area contributed by atoms with Gasteiger partial charge in [-0.05, 0) is 73.9 Å². The fourth-order valence-corrected chi connectivity index (χ4v) is 5.30. The molecule has 0 aliphatic heterocycles. The van der Waals surface area contributed by atoms with Gasteiger partial charge in [0, 0.05) is 0 Å². The minimum atomic E-state index is -3.63. The molecule has 2 aromatic rings. The smallest absolute Gasteiger partial charge is 0.244 e. The highest BCUT2D eigenvalue weighted by Crippen LogP contribution is 2.30. The third kappa shape index (κ3) is 4.64. The summed E-state index contributed by atoms with van der Waals surface area (Å²) in [5, 5.41) is 3.13. The molecule has 0 radical (unpaired) electrons. The zero-order chi connectivity index (χ0) is 21.2. The Balaban J connectivity index is 1.91. The molecule has 0 fully saturated rings. The van der Waals surface area contributed by atoms with E-state index in [9.17, 15) is 13.2 Å². The van der Waals surface area contributed by atoms with Crippen LogP contribution in [0.1, 0.15) is 54.5 Å². The van der Waals surface area contributed by atoms with Crippen LogP contribution >= 0.6 is 0 Å².